The molecule has 2 aromatic rings. The van der Waals surface area contributed by atoms with Crippen LogP contribution in [0.4, 0.5) is 11.4 Å². The van der Waals surface area contributed by atoms with E-state index in [-0.39, 0.29) is 5.91 Å². The van der Waals surface area contributed by atoms with E-state index >= 15 is 0 Å². The van der Waals surface area contributed by atoms with Gasteiger partial charge in [-0.2, -0.15) is 0 Å². The molecule has 3 nitrogen and oxygen atoms in total. The molecule has 0 aliphatic heterocycles. The molecule has 2 rings (SSSR count). The number of hydrogen-bond donors (Lipinski definition) is 1. The third kappa shape index (κ3) is 4.21. The lowest BCUT2D eigenvalue weighted by Gasteiger charge is -2.13. The molecule has 0 atom stereocenters. The van der Waals surface area contributed by atoms with Crippen LogP contribution in [-0.2, 0) is 4.79 Å². The summed E-state index contributed by atoms with van der Waals surface area (Å²) in [6, 6.07) is 17.6. The van der Waals surface area contributed by atoms with Crippen LogP contribution in [0.15, 0.2) is 60.2 Å². The summed E-state index contributed by atoms with van der Waals surface area (Å²) in [4.78, 5) is 14.2. The molecule has 0 aliphatic rings. The number of nitrogens with zero attached hydrogens (tertiary/aromatic N) is 1. The van der Waals surface area contributed by atoms with Crippen molar-refractivity contribution in [3.63, 3.8) is 0 Å². The van der Waals surface area contributed by atoms with Crippen LogP contribution in [0, 0.1) is 0 Å². The first-order chi connectivity index (χ1) is 10.1. The van der Waals surface area contributed by atoms with Gasteiger partial charge < -0.3 is 10.2 Å². The van der Waals surface area contributed by atoms with Gasteiger partial charge in [0.2, 0.25) is 0 Å². The molecule has 0 radical (unpaired) electrons. The second-order valence-electron chi connectivity index (χ2n) is 5.13. The zero-order chi connectivity index (χ0) is 15.2. The molecule has 0 bridgehead atoms. The van der Waals surface area contributed by atoms with Crippen LogP contribution >= 0.6 is 0 Å². The second kappa shape index (κ2) is 6.75. The van der Waals surface area contributed by atoms with Crippen LogP contribution in [0.5, 0.6) is 0 Å². The molecule has 0 aliphatic carbocycles. The fraction of sp³-hybridized carbons (Fsp3) is 0.167. The summed E-state index contributed by atoms with van der Waals surface area (Å²) < 4.78 is 0. The average Bonchev–Trinajstić information content (AvgIpc) is 2.48. The summed E-state index contributed by atoms with van der Waals surface area (Å²) in [5, 5.41) is 2.90. The van der Waals surface area contributed by atoms with Gasteiger partial charge in [0.25, 0.3) is 5.91 Å². The van der Waals surface area contributed by atoms with E-state index < -0.39 is 0 Å². The number of rotatable bonds is 4. The van der Waals surface area contributed by atoms with E-state index in [2.05, 4.69) is 5.32 Å². The van der Waals surface area contributed by atoms with E-state index in [0.717, 1.165) is 16.9 Å². The van der Waals surface area contributed by atoms with Crippen LogP contribution in [0.3, 0.4) is 0 Å². The van der Waals surface area contributed by atoms with Crippen molar-refractivity contribution in [3.8, 4) is 0 Å². The van der Waals surface area contributed by atoms with Crippen LogP contribution in [0.1, 0.15) is 12.5 Å². The minimum atomic E-state index is -0.0866. The molecule has 1 amide bonds. The Bertz CT molecular complexity index is 628. The van der Waals surface area contributed by atoms with Gasteiger partial charge in [0.15, 0.2) is 0 Å². The molecule has 0 saturated carbocycles. The minimum absolute atomic E-state index is 0.0866. The predicted molar refractivity (Wildman–Crippen MR) is 89.5 cm³/mol. The van der Waals surface area contributed by atoms with E-state index in [0.29, 0.717) is 5.57 Å². The summed E-state index contributed by atoms with van der Waals surface area (Å²) in [5.41, 5.74) is 3.60. The molecule has 0 saturated heterocycles. The first-order valence-electron chi connectivity index (χ1n) is 6.88. The highest BCUT2D eigenvalue weighted by Gasteiger charge is 2.05. The van der Waals surface area contributed by atoms with Crippen molar-refractivity contribution < 1.29 is 4.79 Å². The van der Waals surface area contributed by atoms with Crippen molar-refractivity contribution in [2.24, 2.45) is 0 Å². The highest BCUT2D eigenvalue weighted by Crippen LogP contribution is 2.16. The largest absolute Gasteiger partial charge is 0.378 e. The maximum absolute atomic E-state index is 12.1. The van der Waals surface area contributed by atoms with Gasteiger partial charge in [-0.1, -0.05) is 30.3 Å². The lowest BCUT2D eigenvalue weighted by molar-refractivity contribution is -0.112. The molecule has 0 unspecified atom stereocenters. The van der Waals surface area contributed by atoms with Gasteiger partial charge in [0.05, 0.1) is 0 Å². The van der Waals surface area contributed by atoms with Gasteiger partial charge in [-0.15, -0.1) is 0 Å². The Hall–Kier alpha value is -2.55. The summed E-state index contributed by atoms with van der Waals surface area (Å²) in [6.07, 6.45) is 1.88. The Balaban J connectivity index is 2.05. The molecule has 0 aromatic heterocycles. The van der Waals surface area contributed by atoms with Crippen LogP contribution in [0.25, 0.3) is 6.08 Å². The summed E-state index contributed by atoms with van der Waals surface area (Å²) in [5.74, 6) is -0.0866. The van der Waals surface area contributed by atoms with Crippen molar-refractivity contribution in [1.29, 1.82) is 0 Å². The molecule has 0 spiro atoms. The third-order valence-corrected chi connectivity index (χ3v) is 3.18. The van der Waals surface area contributed by atoms with Crippen molar-refractivity contribution in [3.05, 3.63) is 65.7 Å². The quantitative estimate of drug-likeness (QED) is 0.864. The molecule has 0 fully saturated rings. The van der Waals surface area contributed by atoms with Crippen molar-refractivity contribution in [2.75, 3.05) is 24.3 Å². The molecular formula is C18H20N2O. The first kappa shape index (κ1) is 14.9. The van der Waals surface area contributed by atoms with Crippen LogP contribution in [-0.4, -0.2) is 20.0 Å². The summed E-state index contributed by atoms with van der Waals surface area (Å²) >= 11 is 0. The molecule has 3 heteroatoms. The van der Waals surface area contributed by atoms with Gasteiger partial charge in [0, 0.05) is 31.0 Å². The minimum Gasteiger partial charge on any atom is -0.378 e. The van der Waals surface area contributed by atoms with Crippen molar-refractivity contribution >= 4 is 23.4 Å². The Kier molecular flexibility index (Phi) is 4.77. The van der Waals surface area contributed by atoms with Gasteiger partial charge in [-0.05, 0) is 42.8 Å². The van der Waals surface area contributed by atoms with E-state index in [4.69, 9.17) is 0 Å². The maximum Gasteiger partial charge on any atom is 0.251 e. The Labute approximate surface area is 125 Å². The smallest absolute Gasteiger partial charge is 0.251 e. The Morgan fingerprint density at radius 2 is 1.62 bits per heavy atom. The lowest BCUT2D eigenvalue weighted by Crippen LogP contribution is -2.13. The van der Waals surface area contributed by atoms with Crippen LogP contribution < -0.4 is 10.2 Å². The van der Waals surface area contributed by atoms with E-state index in [1.54, 1.807) is 0 Å². The number of nitrogens with one attached hydrogen (secondary N) is 1. The number of carbonyl (C=O) groups is 1. The molecule has 1 N–H and O–H groups in total. The highest BCUT2D eigenvalue weighted by atomic mass is 16.1. The number of anilines is 2. The first-order valence-corrected chi connectivity index (χ1v) is 6.88. The highest BCUT2D eigenvalue weighted by molar-refractivity contribution is 6.06. The van der Waals surface area contributed by atoms with E-state index in [9.17, 15) is 4.79 Å². The molecule has 21 heavy (non-hydrogen) atoms. The van der Waals surface area contributed by atoms with E-state index in [1.807, 2.05) is 86.6 Å². The molecule has 2 aromatic carbocycles. The van der Waals surface area contributed by atoms with Gasteiger partial charge >= 0.3 is 0 Å². The molecular weight excluding hydrogens is 260 g/mol. The topological polar surface area (TPSA) is 32.3 Å². The Morgan fingerprint density at radius 3 is 2.19 bits per heavy atom. The fourth-order valence-electron chi connectivity index (χ4n) is 1.94. The number of hydrogen-bond acceptors (Lipinski definition) is 2. The standard InChI is InChI=1S/C18H20N2O/c1-14(13-15-7-5-4-6-8-15)18(21)19-16-9-11-17(12-10-16)20(2)3/h4-13H,1-3H3,(H,19,21)/b14-13+. The van der Waals surface area contributed by atoms with Crippen molar-refractivity contribution in [2.45, 2.75) is 6.92 Å². The number of carbonyl (C=O) groups excluding carboxylic acids is 1. The monoisotopic (exact) mass is 280 g/mol. The third-order valence-electron chi connectivity index (χ3n) is 3.18. The predicted octanol–water partition coefficient (Wildman–Crippen LogP) is 3.79. The zero-order valence-electron chi connectivity index (χ0n) is 12.6. The number of amides is 1. The van der Waals surface area contributed by atoms with Crippen LogP contribution in [0.2, 0.25) is 0 Å². The zero-order valence-corrected chi connectivity index (χ0v) is 12.6. The normalized spacial score (nSPS) is 11.1. The fourth-order valence-corrected chi connectivity index (χ4v) is 1.94. The van der Waals surface area contributed by atoms with Gasteiger partial charge in [-0.25, -0.2) is 0 Å². The van der Waals surface area contributed by atoms with Crippen molar-refractivity contribution in [1.82, 2.24) is 0 Å². The second-order valence-corrected chi connectivity index (χ2v) is 5.13. The van der Waals surface area contributed by atoms with E-state index in [1.165, 1.54) is 0 Å². The average molecular weight is 280 g/mol. The molecule has 0 heterocycles. The van der Waals surface area contributed by atoms with Gasteiger partial charge in [-0.3, -0.25) is 4.79 Å². The van der Waals surface area contributed by atoms with Gasteiger partial charge in [0.1, 0.15) is 0 Å². The summed E-state index contributed by atoms with van der Waals surface area (Å²) in [6.45, 7) is 1.82. The Morgan fingerprint density at radius 1 is 1.00 bits per heavy atom. The lowest BCUT2D eigenvalue weighted by atomic mass is 10.1. The maximum atomic E-state index is 12.1. The molecule has 108 valence electrons. The number of benzene rings is 2. The SMILES string of the molecule is C/C(=C\c1ccccc1)C(=O)Nc1ccc(N(C)C)cc1. The summed E-state index contributed by atoms with van der Waals surface area (Å²) in [7, 11) is 3.97.